The number of aryl methyl sites for hydroxylation is 1. The molecule has 1 spiro atoms. The van der Waals surface area contributed by atoms with Gasteiger partial charge in [0, 0.05) is 19.3 Å². The highest BCUT2D eigenvalue weighted by atomic mass is 16.2. The Kier molecular flexibility index (Phi) is 3.44. The number of carbonyl (C=O) groups excluding carboxylic acids is 3. The summed E-state index contributed by atoms with van der Waals surface area (Å²) in [7, 11) is 0. The van der Waals surface area contributed by atoms with E-state index in [4.69, 9.17) is 0 Å². The van der Waals surface area contributed by atoms with Crippen LogP contribution in [0, 0.1) is 5.41 Å². The number of nitrogens with zero attached hydrogens (tertiary/aromatic N) is 4. The van der Waals surface area contributed by atoms with Gasteiger partial charge in [-0.2, -0.15) is 0 Å². The summed E-state index contributed by atoms with van der Waals surface area (Å²) in [6.45, 7) is 0.845. The smallest absolute Gasteiger partial charge is 0.277 e. The third-order valence-corrected chi connectivity index (χ3v) is 4.25. The normalized spacial score (nSPS) is 21.1. The van der Waals surface area contributed by atoms with Crippen LogP contribution in [0.2, 0.25) is 0 Å². The van der Waals surface area contributed by atoms with E-state index in [9.17, 15) is 14.4 Å². The zero-order valence-corrected chi connectivity index (χ0v) is 11.6. The molecule has 21 heavy (non-hydrogen) atoms. The van der Waals surface area contributed by atoms with Gasteiger partial charge < -0.3 is 0 Å². The number of barbiturate groups is 1. The highest BCUT2D eigenvalue weighted by Crippen LogP contribution is 2.41. The number of hydrogen-bond donors (Lipinski definition) is 1. The number of imide groups is 2. The van der Waals surface area contributed by atoms with Crippen molar-refractivity contribution >= 4 is 17.8 Å². The summed E-state index contributed by atoms with van der Waals surface area (Å²) in [5.74, 6) is -0.769. The van der Waals surface area contributed by atoms with Gasteiger partial charge in [-0.1, -0.05) is 18.1 Å². The molecular weight excluding hydrogens is 274 g/mol. The lowest BCUT2D eigenvalue weighted by Gasteiger charge is -2.36. The van der Waals surface area contributed by atoms with E-state index in [2.05, 4.69) is 15.6 Å². The Bertz CT molecular complexity index is 562. The van der Waals surface area contributed by atoms with Crippen molar-refractivity contribution in [3.63, 3.8) is 0 Å². The van der Waals surface area contributed by atoms with Gasteiger partial charge in [-0.15, -0.1) is 5.10 Å². The fourth-order valence-electron chi connectivity index (χ4n) is 3.10. The van der Waals surface area contributed by atoms with E-state index in [1.54, 1.807) is 17.1 Å². The molecule has 1 saturated heterocycles. The molecule has 0 atom stereocenters. The first-order valence-electron chi connectivity index (χ1n) is 7.15. The number of urea groups is 1. The fraction of sp³-hybridized carbons (Fsp3) is 0.615. The third-order valence-electron chi connectivity index (χ3n) is 4.25. The molecule has 112 valence electrons. The minimum absolute atomic E-state index is 0.277. The lowest BCUT2D eigenvalue weighted by Crippen LogP contribution is -2.63. The van der Waals surface area contributed by atoms with Crippen LogP contribution in [-0.2, 0) is 16.1 Å². The van der Waals surface area contributed by atoms with Crippen molar-refractivity contribution in [1.82, 2.24) is 25.2 Å². The van der Waals surface area contributed by atoms with Crippen molar-refractivity contribution in [1.29, 1.82) is 0 Å². The van der Waals surface area contributed by atoms with Crippen molar-refractivity contribution in [2.45, 2.75) is 38.6 Å². The van der Waals surface area contributed by atoms with Crippen LogP contribution >= 0.6 is 0 Å². The molecule has 4 amide bonds. The zero-order chi connectivity index (χ0) is 14.9. The Morgan fingerprint density at radius 2 is 1.95 bits per heavy atom. The Balaban J connectivity index is 1.67. The fourth-order valence-corrected chi connectivity index (χ4v) is 3.10. The maximum Gasteiger partial charge on any atom is 0.330 e. The molecule has 0 aromatic carbocycles. The molecular formula is C13H17N5O3. The summed E-state index contributed by atoms with van der Waals surface area (Å²) in [5.41, 5.74) is -1.01. The first-order chi connectivity index (χ1) is 10.1. The first-order valence-corrected chi connectivity index (χ1v) is 7.15. The van der Waals surface area contributed by atoms with Gasteiger partial charge in [0.05, 0.1) is 6.20 Å². The molecule has 3 rings (SSSR count). The molecule has 1 saturated carbocycles. The standard InChI is InChI=1S/C13H17N5O3/c19-10-13(4-1-2-5-13)11(20)18(12(21)15-10)8-3-7-17-9-6-14-16-17/h6,9H,1-5,7-8H2,(H,15,19,21). The van der Waals surface area contributed by atoms with Crippen molar-refractivity contribution in [3.8, 4) is 0 Å². The van der Waals surface area contributed by atoms with E-state index in [1.807, 2.05) is 0 Å². The molecule has 1 aromatic heterocycles. The van der Waals surface area contributed by atoms with Crippen LogP contribution in [0.1, 0.15) is 32.1 Å². The highest BCUT2D eigenvalue weighted by molar-refractivity contribution is 6.19. The summed E-state index contributed by atoms with van der Waals surface area (Å²) in [5, 5.41) is 9.85. The molecule has 1 aliphatic heterocycles. The average Bonchev–Trinajstić information content (AvgIpc) is 3.13. The molecule has 0 bridgehead atoms. The molecule has 1 N–H and O–H groups in total. The van der Waals surface area contributed by atoms with E-state index in [-0.39, 0.29) is 12.5 Å². The summed E-state index contributed by atoms with van der Waals surface area (Å²) in [4.78, 5) is 37.7. The summed E-state index contributed by atoms with van der Waals surface area (Å²) < 4.78 is 1.64. The molecule has 8 heteroatoms. The molecule has 1 aliphatic carbocycles. The minimum Gasteiger partial charge on any atom is -0.277 e. The molecule has 1 aromatic rings. The Morgan fingerprint density at radius 3 is 2.62 bits per heavy atom. The molecule has 8 nitrogen and oxygen atoms in total. The number of aromatic nitrogens is 3. The monoisotopic (exact) mass is 291 g/mol. The summed E-state index contributed by atoms with van der Waals surface area (Å²) >= 11 is 0. The van der Waals surface area contributed by atoms with Crippen LogP contribution in [0.4, 0.5) is 4.79 Å². The van der Waals surface area contributed by atoms with Gasteiger partial charge in [0.2, 0.25) is 11.8 Å². The van der Waals surface area contributed by atoms with Crippen LogP contribution in [0.15, 0.2) is 12.4 Å². The zero-order valence-electron chi connectivity index (χ0n) is 11.6. The molecule has 0 radical (unpaired) electrons. The number of nitrogens with one attached hydrogen (secondary N) is 1. The third kappa shape index (κ3) is 2.30. The van der Waals surface area contributed by atoms with Crippen molar-refractivity contribution in [3.05, 3.63) is 12.4 Å². The van der Waals surface area contributed by atoms with E-state index >= 15 is 0 Å². The highest BCUT2D eigenvalue weighted by Gasteiger charge is 2.54. The molecule has 2 fully saturated rings. The summed E-state index contributed by atoms with van der Waals surface area (Å²) in [6.07, 6.45) is 6.63. The quantitative estimate of drug-likeness (QED) is 0.805. The van der Waals surface area contributed by atoms with Crippen LogP contribution in [0.3, 0.4) is 0 Å². The minimum atomic E-state index is -1.01. The predicted octanol–water partition coefficient (Wildman–Crippen LogP) is 0.307. The second-order valence-corrected chi connectivity index (χ2v) is 5.52. The Hall–Kier alpha value is -2.25. The second-order valence-electron chi connectivity index (χ2n) is 5.52. The average molecular weight is 291 g/mol. The van der Waals surface area contributed by atoms with Gasteiger partial charge in [0.25, 0.3) is 0 Å². The SMILES string of the molecule is O=C1NC(=O)C2(CCCC2)C(=O)N1CCCn1ccnn1. The predicted molar refractivity (Wildman–Crippen MR) is 70.8 cm³/mol. The lowest BCUT2D eigenvalue weighted by atomic mass is 9.82. The Labute approximate surface area is 121 Å². The van der Waals surface area contributed by atoms with Crippen LogP contribution in [-0.4, -0.2) is 44.3 Å². The van der Waals surface area contributed by atoms with Crippen LogP contribution in [0.5, 0.6) is 0 Å². The van der Waals surface area contributed by atoms with Crippen molar-refractivity contribution in [2.75, 3.05) is 6.54 Å². The topological polar surface area (TPSA) is 97.2 Å². The van der Waals surface area contributed by atoms with Gasteiger partial charge in [-0.05, 0) is 19.3 Å². The molecule has 2 heterocycles. The largest absolute Gasteiger partial charge is 0.330 e. The number of rotatable bonds is 4. The molecule has 0 unspecified atom stereocenters. The van der Waals surface area contributed by atoms with Crippen LogP contribution in [0.25, 0.3) is 0 Å². The van der Waals surface area contributed by atoms with Gasteiger partial charge in [-0.25, -0.2) is 4.79 Å². The maximum atomic E-state index is 12.6. The van der Waals surface area contributed by atoms with Gasteiger partial charge in [0.1, 0.15) is 5.41 Å². The van der Waals surface area contributed by atoms with Crippen molar-refractivity contribution < 1.29 is 14.4 Å². The van der Waals surface area contributed by atoms with E-state index in [0.717, 1.165) is 12.8 Å². The second kappa shape index (κ2) is 5.27. The maximum absolute atomic E-state index is 12.6. The number of carbonyl (C=O) groups is 3. The van der Waals surface area contributed by atoms with Crippen LogP contribution < -0.4 is 5.32 Å². The van der Waals surface area contributed by atoms with E-state index in [1.165, 1.54) is 4.90 Å². The van der Waals surface area contributed by atoms with Gasteiger partial charge >= 0.3 is 6.03 Å². The molecule has 2 aliphatic rings. The number of amides is 4. The first kappa shape index (κ1) is 13.7. The Morgan fingerprint density at radius 1 is 1.19 bits per heavy atom. The van der Waals surface area contributed by atoms with Gasteiger partial charge in [-0.3, -0.25) is 24.5 Å². The number of hydrogen-bond acceptors (Lipinski definition) is 5. The van der Waals surface area contributed by atoms with E-state index < -0.39 is 17.4 Å². The van der Waals surface area contributed by atoms with E-state index in [0.29, 0.717) is 25.8 Å². The lowest BCUT2D eigenvalue weighted by molar-refractivity contribution is -0.151. The summed E-state index contributed by atoms with van der Waals surface area (Å²) in [6, 6.07) is -0.610. The van der Waals surface area contributed by atoms with Crippen molar-refractivity contribution in [2.24, 2.45) is 5.41 Å². The van der Waals surface area contributed by atoms with Gasteiger partial charge in [0.15, 0.2) is 0 Å².